The molecular weight excluding hydrogens is 476 g/mol. The highest BCUT2D eigenvalue weighted by Crippen LogP contribution is 2.40. The molecule has 2 aliphatic heterocycles. The lowest BCUT2D eigenvalue weighted by Gasteiger charge is -2.29. The second-order valence-electron chi connectivity index (χ2n) is 11.9. The third-order valence-electron chi connectivity index (χ3n) is 8.53. The van der Waals surface area contributed by atoms with Crippen LogP contribution in [0.15, 0.2) is 54.8 Å². The average Bonchev–Trinajstić information content (AvgIpc) is 3.63. The summed E-state index contributed by atoms with van der Waals surface area (Å²) in [5.41, 5.74) is 7.89. The Bertz CT molecular complexity index is 1380. The number of aromatic nitrogens is 2. The van der Waals surface area contributed by atoms with E-state index < -0.39 is 12.3 Å². The van der Waals surface area contributed by atoms with Gasteiger partial charge in [-0.25, -0.2) is 0 Å². The van der Waals surface area contributed by atoms with Crippen molar-refractivity contribution in [2.24, 2.45) is 5.41 Å². The first-order valence-electron chi connectivity index (χ1n) is 13.6. The first kappa shape index (κ1) is 24.9. The van der Waals surface area contributed by atoms with Gasteiger partial charge in [-0.05, 0) is 66.3 Å². The van der Waals surface area contributed by atoms with Gasteiger partial charge in [-0.3, -0.25) is 14.8 Å². The largest absolute Gasteiger partial charge is 0.510 e. The zero-order valence-electron chi connectivity index (χ0n) is 22.2. The van der Waals surface area contributed by atoms with Crippen molar-refractivity contribution in [3.8, 4) is 11.3 Å². The number of aromatic amines is 1. The standard InChI is InChI=1S/C31H36N4O3/c1-19(36)28(20-6-8-21(9-7-20)29(37)34-14-4-5-15-34)35-18-23-16-22(10-11-24(23)30(35)38)27-25-12-13-31(2,3)17-26(25)32-33-27/h6-11,16,28-29,36-37H,1,4-5,12-15,17-18H2,2-3H3,(H,32,33)/t28-,29?/m1/s1. The monoisotopic (exact) mass is 512 g/mol. The Morgan fingerprint density at radius 2 is 1.82 bits per heavy atom. The third-order valence-corrected chi connectivity index (χ3v) is 8.53. The number of aliphatic hydroxyl groups excluding tert-OH is 2. The van der Waals surface area contributed by atoms with Crippen LogP contribution in [0, 0.1) is 5.41 Å². The van der Waals surface area contributed by atoms with Crippen molar-refractivity contribution in [1.82, 2.24) is 20.0 Å². The highest BCUT2D eigenvalue weighted by Gasteiger charge is 2.36. The normalized spacial score (nSPS) is 20.3. The van der Waals surface area contributed by atoms with E-state index in [1.165, 1.54) is 11.3 Å². The smallest absolute Gasteiger partial charge is 0.255 e. The van der Waals surface area contributed by atoms with Gasteiger partial charge in [-0.2, -0.15) is 5.10 Å². The minimum Gasteiger partial charge on any atom is -0.510 e. The van der Waals surface area contributed by atoms with Crippen molar-refractivity contribution < 1.29 is 15.0 Å². The summed E-state index contributed by atoms with van der Waals surface area (Å²) in [6, 6.07) is 12.8. The number of hydrogen-bond acceptors (Lipinski definition) is 5. The first-order valence-corrected chi connectivity index (χ1v) is 13.6. The summed E-state index contributed by atoms with van der Waals surface area (Å²) in [4.78, 5) is 17.2. The molecule has 1 unspecified atom stereocenters. The zero-order chi connectivity index (χ0) is 26.6. The molecule has 198 valence electrons. The van der Waals surface area contributed by atoms with Crippen LogP contribution in [0.4, 0.5) is 0 Å². The number of nitrogens with one attached hydrogen (secondary N) is 1. The minimum atomic E-state index is -0.670. The topological polar surface area (TPSA) is 92.7 Å². The van der Waals surface area contributed by atoms with Crippen molar-refractivity contribution in [2.75, 3.05) is 13.1 Å². The van der Waals surface area contributed by atoms with E-state index in [2.05, 4.69) is 41.6 Å². The van der Waals surface area contributed by atoms with Crippen LogP contribution in [0.1, 0.15) is 83.7 Å². The molecule has 1 aliphatic carbocycles. The number of hydrogen-bond donors (Lipinski definition) is 3. The van der Waals surface area contributed by atoms with Crippen LogP contribution in [0.3, 0.4) is 0 Å². The molecule has 1 amide bonds. The van der Waals surface area contributed by atoms with Crippen LogP contribution < -0.4 is 0 Å². The molecule has 0 radical (unpaired) electrons. The minimum absolute atomic E-state index is 0.0804. The number of likely N-dealkylation sites (tertiary alicyclic amines) is 1. The molecule has 3 heterocycles. The summed E-state index contributed by atoms with van der Waals surface area (Å²) in [5.74, 6) is -0.207. The van der Waals surface area contributed by atoms with Crippen LogP contribution >= 0.6 is 0 Å². The van der Waals surface area contributed by atoms with E-state index >= 15 is 0 Å². The Balaban J connectivity index is 1.25. The molecule has 3 N–H and O–H groups in total. The number of amides is 1. The van der Waals surface area contributed by atoms with Crippen molar-refractivity contribution in [3.05, 3.63) is 88.3 Å². The third kappa shape index (κ3) is 4.33. The number of aliphatic hydroxyl groups is 2. The lowest BCUT2D eigenvalue weighted by atomic mass is 9.76. The summed E-state index contributed by atoms with van der Waals surface area (Å²) in [6.07, 6.45) is 4.66. The zero-order valence-corrected chi connectivity index (χ0v) is 22.2. The quantitative estimate of drug-likeness (QED) is 0.382. The molecule has 6 rings (SSSR count). The Morgan fingerprint density at radius 3 is 2.53 bits per heavy atom. The maximum Gasteiger partial charge on any atom is 0.255 e. The first-order chi connectivity index (χ1) is 18.2. The SMILES string of the molecule is C=C(O)[C@H](c1ccc(C(O)N2CCCC2)cc1)N1Cc2cc(-c3n[nH]c4c3CCC(C)(C)C4)ccc2C1=O. The van der Waals surface area contributed by atoms with Crippen LogP contribution in [-0.2, 0) is 19.4 Å². The second kappa shape index (κ2) is 9.40. The fourth-order valence-corrected chi connectivity index (χ4v) is 6.38. The van der Waals surface area contributed by atoms with Gasteiger partial charge in [0.15, 0.2) is 0 Å². The predicted octanol–water partition coefficient (Wildman–Crippen LogP) is 5.45. The van der Waals surface area contributed by atoms with Crippen molar-refractivity contribution in [1.29, 1.82) is 0 Å². The molecular formula is C31H36N4O3. The lowest BCUT2D eigenvalue weighted by molar-refractivity contribution is 0.0190. The molecule has 2 atom stereocenters. The summed E-state index contributed by atoms with van der Waals surface area (Å²) < 4.78 is 0. The van der Waals surface area contributed by atoms with Gasteiger partial charge in [0.2, 0.25) is 0 Å². The predicted molar refractivity (Wildman–Crippen MR) is 146 cm³/mol. The molecule has 7 nitrogen and oxygen atoms in total. The molecule has 1 fully saturated rings. The molecule has 3 aromatic rings. The van der Waals surface area contributed by atoms with E-state index in [4.69, 9.17) is 0 Å². The van der Waals surface area contributed by atoms with E-state index in [1.807, 2.05) is 36.4 Å². The van der Waals surface area contributed by atoms with E-state index in [0.717, 1.165) is 73.1 Å². The highest BCUT2D eigenvalue weighted by molar-refractivity contribution is 5.99. The van der Waals surface area contributed by atoms with Crippen LogP contribution in [0.5, 0.6) is 0 Å². The maximum absolute atomic E-state index is 13.5. The van der Waals surface area contributed by atoms with E-state index in [0.29, 0.717) is 12.1 Å². The van der Waals surface area contributed by atoms with Crippen molar-refractivity contribution >= 4 is 5.91 Å². The number of carbonyl (C=O) groups is 1. The molecule has 0 bridgehead atoms. The van der Waals surface area contributed by atoms with Crippen LogP contribution in [-0.4, -0.2) is 49.2 Å². The van der Waals surface area contributed by atoms with Gasteiger partial charge in [0.25, 0.3) is 5.91 Å². The molecule has 38 heavy (non-hydrogen) atoms. The van der Waals surface area contributed by atoms with Gasteiger partial charge < -0.3 is 15.1 Å². The Labute approximate surface area is 223 Å². The van der Waals surface area contributed by atoms with Gasteiger partial charge in [0, 0.05) is 42.0 Å². The fourth-order valence-electron chi connectivity index (χ4n) is 6.38. The lowest BCUT2D eigenvalue weighted by Crippen LogP contribution is -2.30. The van der Waals surface area contributed by atoms with E-state index in [9.17, 15) is 15.0 Å². The van der Waals surface area contributed by atoms with E-state index in [1.54, 1.807) is 4.90 Å². The summed E-state index contributed by atoms with van der Waals surface area (Å²) in [6.45, 7) is 10.5. The molecule has 1 saturated heterocycles. The number of rotatable bonds is 6. The van der Waals surface area contributed by atoms with Crippen LogP contribution in [0.2, 0.25) is 0 Å². The molecule has 2 aromatic carbocycles. The average molecular weight is 513 g/mol. The fraction of sp³-hybridized carbons (Fsp3) is 0.419. The summed E-state index contributed by atoms with van der Waals surface area (Å²) in [5, 5.41) is 29.2. The molecule has 7 heteroatoms. The maximum atomic E-state index is 13.5. The molecule has 3 aliphatic rings. The van der Waals surface area contributed by atoms with Crippen molar-refractivity contribution in [2.45, 2.75) is 64.8 Å². The number of carbonyl (C=O) groups excluding carboxylic acids is 1. The van der Waals surface area contributed by atoms with Gasteiger partial charge in [0.1, 0.15) is 18.0 Å². The van der Waals surface area contributed by atoms with Gasteiger partial charge in [-0.1, -0.05) is 50.8 Å². The highest BCUT2D eigenvalue weighted by atomic mass is 16.3. The van der Waals surface area contributed by atoms with Crippen LogP contribution in [0.25, 0.3) is 11.3 Å². The van der Waals surface area contributed by atoms with Gasteiger partial charge >= 0.3 is 0 Å². The number of nitrogens with zero attached hydrogens (tertiary/aromatic N) is 3. The molecule has 1 aromatic heterocycles. The van der Waals surface area contributed by atoms with E-state index in [-0.39, 0.29) is 17.1 Å². The number of benzene rings is 2. The summed E-state index contributed by atoms with van der Waals surface area (Å²) >= 11 is 0. The Hall–Kier alpha value is -3.42. The van der Waals surface area contributed by atoms with Gasteiger partial charge in [0.05, 0.1) is 5.69 Å². The van der Waals surface area contributed by atoms with Crippen molar-refractivity contribution in [3.63, 3.8) is 0 Å². The molecule has 0 saturated carbocycles. The number of H-pyrrole nitrogens is 1. The van der Waals surface area contributed by atoms with Gasteiger partial charge in [-0.15, -0.1) is 0 Å². The molecule has 0 spiro atoms. The number of fused-ring (bicyclic) bond motifs is 2. The second-order valence-corrected chi connectivity index (χ2v) is 11.9. The Kier molecular flexibility index (Phi) is 6.16. The summed E-state index contributed by atoms with van der Waals surface area (Å²) in [7, 11) is 0. The Morgan fingerprint density at radius 1 is 1.11 bits per heavy atom.